The summed E-state index contributed by atoms with van der Waals surface area (Å²) in [5, 5.41) is 42.4. The molecule has 0 aliphatic rings. The first-order chi connectivity index (χ1) is 15.8. The van der Waals surface area contributed by atoms with E-state index in [9.17, 15) is 29.6 Å². The Labute approximate surface area is 229 Å². The number of halogens is 1. The largest absolute Gasteiger partial charge is 1.00 e. The third-order valence-electron chi connectivity index (χ3n) is 5.77. The topological polar surface area (TPSA) is 110 Å². The van der Waals surface area contributed by atoms with Crippen LogP contribution in [0.5, 0.6) is 11.5 Å². The maximum atomic E-state index is 13.7. The molecular weight excluding hydrogens is 462 g/mol. The van der Waals surface area contributed by atoms with Crippen molar-refractivity contribution in [1.82, 2.24) is 0 Å². The molecule has 2 aromatic carbocycles. The number of aliphatic hydroxyl groups excluding tert-OH is 2. The van der Waals surface area contributed by atoms with Crippen molar-refractivity contribution in [3.8, 4) is 22.6 Å². The molecule has 0 radical (unpaired) electrons. The number of carbonyl (C=O) groups is 1. The average molecular weight is 499 g/mol. The molecule has 0 saturated carbocycles. The number of rotatable bonds is 11. The van der Waals surface area contributed by atoms with Crippen LogP contribution in [0.2, 0.25) is 0 Å². The smallest absolute Gasteiger partial charge is 0.550 e. The summed E-state index contributed by atoms with van der Waals surface area (Å²) >= 11 is 0. The third kappa shape index (κ3) is 7.92. The number of hydrogen-bond acceptors (Lipinski definition) is 6. The van der Waals surface area contributed by atoms with Crippen LogP contribution in [0.3, 0.4) is 0 Å². The van der Waals surface area contributed by atoms with Gasteiger partial charge in [0.05, 0.1) is 12.2 Å². The van der Waals surface area contributed by atoms with E-state index in [2.05, 4.69) is 0 Å². The van der Waals surface area contributed by atoms with E-state index < -0.39 is 24.6 Å². The van der Waals surface area contributed by atoms with Crippen LogP contribution < -0.4 is 39.4 Å². The monoisotopic (exact) mass is 498 g/mol. The fraction of sp³-hybridized carbons (Fsp3) is 0.519. The van der Waals surface area contributed by atoms with E-state index in [4.69, 9.17) is 4.74 Å². The quantitative estimate of drug-likeness (QED) is 0.402. The number of benzene rings is 2. The number of carboxylic acids is 1. The second kappa shape index (κ2) is 13.6. The summed E-state index contributed by atoms with van der Waals surface area (Å²) in [5.41, 5.74) is 3.51. The van der Waals surface area contributed by atoms with Gasteiger partial charge in [0, 0.05) is 41.1 Å². The molecule has 2 aromatic rings. The summed E-state index contributed by atoms with van der Waals surface area (Å²) in [5.74, 6) is -1.26. The van der Waals surface area contributed by atoms with Gasteiger partial charge in [0.15, 0.2) is 0 Å². The number of phenols is 1. The zero-order chi connectivity index (χ0) is 25.7. The second-order valence-electron chi connectivity index (χ2n) is 9.70. The zero-order valence-electron chi connectivity index (χ0n) is 21.8. The van der Waals surface area contributed by atoms with E-state index >= 15 is 0 Å². The minimum absolute atomic E-state index is 0. The van der Waals surface area contributed by atoms with E-state index in [-0.39, 0.29) is 71.9 Å². The molecule has 0 aliphatic heterocycles. The summed E-state index contributed by atoms with van der Waals surface area (Å²) in [6, 6.07) is 5.94. The van der Waals surface area contributed by atoms with Crippen LogP contribution >= 0.6 is 0 Å². The van der Waals surface area contributed by atoms with Crippen LogP contribution in [0.1, 0.15) is 88.8 Å². The van der Waals surface area contributed by atoms with Crippen molar-refractivity contribution in [2.45, 2.75) is 84.3 Å². The number of aliphatic hydroxyl groups is 2. The standard InChI is InChI=1S/C27H37FO6.Na/c1-14(2)22-24(16(5)6)27(34-13-20(30)11-19(29)12-21(31)32)25(23(15(3)4)26(22)33)17-7-9-18(28)10-8-17;/h7-10,14-16,19-20,29-30,33H,11-13H2,1-6H3,(H,31,32);/q;+1/p-1/t19-,20?;/m1./s1. The van der Waals surface area contributed by atoms with Crippen molar-refractivity contribution in [3.05, 3.63) is 46.8 Å². The first-order valence-corrected chi connectivity index (χ1v) is 11.7. The number of ether oxygens (including phenoxy) is 1. The summed E-state index contributed by atoms with van der Waals surface area (Å²) in [4.78, 5) is 10.7. The Morgan fingerprint density at radius 3 is 1.89 bits per heavy atom. The SMILES string of the molecule is CC(C)c1c(O)c(C(C)C)c(C(C)C)c(OCC(O)C[C@@H](O)CC(=O)[O-])c1-c1ccc(F)cc1.[Na+]. The molecule has 8 heteroatoms. The van der Waals surface area contributed by atoms with E-state index in [1.54, 1.807) is 12.1 Å². The van der Waals surface area contributed by atoms with Crippen molar-refractivity contribution >= 4 is 5.97 Å². The van der Waals surface area contributed by atoms with Crippen molar-refractivity contribution in [2.75, 3.05) is 6.61 Å². The summed E-state index contributed by atoms with van der Waals surface area (Å²) in [7, 11) is 0. The van der Waals surface area contributed by atoms with Crippen LogP contribution in [0.25, 0.3) is 11.1 Å². The van der Waals surface area contributed by atoms with Gasteiger partial charge < -0.3 is 30.0 Å². The molecule has 35 heavy (non-hydrogen) atoms. The predicted octanol–water partition coefficient (Wildman–Crippen LogP) is 1.20. The molecular formula is C27H36FNaO6. The van der Waals surface area contributed by atoms with Gasteiger partial charge in [-0.25, -0.2) is 4.39 Å². The molecule has 0 heterocycles. The molecule has 0 fully saturated rings. The molecule has 1 unspecified atom stereocenters. The molecule has 6 nitrogen and oxygen atoms in total. The van der Waals surface area contributed by atoms with Crippen LogP contribution in [0.15, 0.2) is 24.3 Å². The molecule has 0 aliphatic carbocycles. The van der Waals surface area contributed by atoms with Crippen LogP contribution in [-0.4, -0.2) is 40.1 Å². The number of aliphatic carboxylic acids is 1. The number of aromatic hydroxyl groups is 1. The van der Waals surface area contributed by atoms with Gasteiger partial charge in [0.1, 0.15) is 23.9 Å². The molecule has 0 saturated heterocycles. The van der Waals surface area contributed by atoms with Crippen molar-refractivity contribution in [1.29, 1.82) is 0 Å². The molecule has 2 rings (SSSR count). The number of hydrogen-bond donors (Lipinski definition) is 3. The van der Waals surface area contributed by atoms with Crippen molar-refractivity contribution in [2.24, 2.45) is 0 Å². The third-order valence-corrected chi connectivity index (χ3v) is 5.77. The van der Waals surface area contributed by atoms with Crippen LogP contribution in [0.4, 0.5) is 4.39 Å². The molecule has 0 spiro atoms. The van der Waals surface area contributed by atoms with Gasteiger partial charge in [-0.15, -0.1) is 0 Å². The van der Waals surface area contributed by atoms with E-state index in [0.717, 1.165) is 11.1 Å². The average Bonchev–Trinajstić information content (AvgIpc) is 2.71. The Morgan fingerprint density at radius 1 is 0.914 bits per heavy atom. The molecule has 0 bridgehead atoms. The van der Waals surface area contributed by atoms with Gasteiger partial charge in [0.25, 0.3) is 0 Å². The van der Waals surface area contributed by atoms with Crippen LogP contribution in [0, 0.1) is 5.82 Å². The van der Waals surface area contributed by atoms with Gasteiger partial charge in [-0.05, 0) is 35.4 Å². The molecule has 2 atom stereocenters. The van der Waals surface area contributed by atoms with Crippen molar-refractivity contribution in [3.63, 3.8) is 0 Å². The fourth-order valence-electron chi connectivity index (χ4n) is 4.38. The Hall–Kier alpha value is -1.64. The molecule has 3 N–H and O–H groups in total. The first-order valence-electron chi connectivity index (χ1n) is 11.7. The van der Waals surface area contributed by atoms with Gasteiger partial charge in [0.2, 0.25) is 0 Å². The molecule has 0 aromatic heterocycles. The number of carboxylic acid groups (broad SMARTS) is 1. The Morgan fingerprint density at radius 2 is 1.43 bits per heavy atom. The minimum atomic E-state index is -1.40. The van der Waals surface area contributed by atoms with Crippen molar-refractivity contribution < 1.29 is 63.9 Å². The Bertz CT molecular complexity index is 988. The van der Waals surface area contributed by atoms with E-state index in [1.807, 2.05) is 41.5 Å². The second-order valence-corrected chi connectivity index (χ2v) is 9.70. The minimum Gasteiger partial charge on any atom is -0.550 e. The Balaban J connectivity index is 0.00000612. The summed E-state index contributed by atoms with van der Waals surface area (Å²) in [6.07, 6.45) is -3.16. The van der Waals surface area contributed by atoms with E-state index in [1.165, 1.54) is 12.1 Å². The number of carbonyl (C=O) groups excluding carboxylic acids is 1. The molecule has 188 valence electrons. The maximum absolute atomic E-state index is 13.7. The maximum Gasteiger partial charge on any atom is 1.00 e. The normalized spacial score (nSPS) is 13.1. The van der Waals surface area contributed by atoms with Gasteiger partial charge in [-0.3, -0.25) is 0 Å². The van der Waals surface area contributed by atoms with E-state index in [0.29, 0.717) is 22.4 Å². The summed E-state index contributed by atoms with van der Waals surface area (Å²) < 4.78 is 19.9. The van der Waals surface area contributed by atoms with Crippen LogP contribution in [-0.2, 0) is 4.79 Å². The summed E-state index contributed by atoms with van der Waals surface area (Å²) in [6.45, 7) is 11.6. The van der Waals surface area contributed by atoms with Gasteiger partial charge in [-0.2, -0.15) is 0 Å². The first kappa shape index (κ1) is 31.4. The predicted molar refractivity (Wildman–Crippen MR) is 128 cm³/mol. The van der Waals surface area contributed by atoms with Gasteiger partial charge in [-0.1, -0.05) is 53.7 Å². The Kier molecular flexibility index (Phi) is 12.2. The van der Waals surface area contributed by atoms with Gasteiger partial charge >= 0.3 is 29.6 Å². The molecule has 0 amide bonds. The zero-order valence-corrected chi connectivity index (χ0v) is 23.8. The fourth-order valence-corrected chi connectivity index (χ4v) is 4.38. The number of phenolic OH excluding ortho intramolecular Hbond substituents is 1.